The van der Waals surface area contributed by atoms with E-state index in [1.807, 2.05) is 25.1 Å². The summed E-state index contributed by atoms with van der Waals surface area (Å²) in [5, 5.41) is 0. The number of carbonyl (C=O) groups is 1. The molecule has 2 saturated carbocycles. The first-order chi connectivity index (χ1) is 16.1. The monoisotopic (exact) mass is 446 g/mol. The molecule has 0 aliphatic heterocycles. The van der Waals surface area contributed by atoms with Crippen molar-refractivity contribution in [3.05, 3.63) is 89.8 Å². The molecule has 2 fully saturated rings. The summed E-state index contributed by atoms with van der Waals surface area (Å²) in [7, 11) is 0. The smallest absolute Gasteiger partial charge is 0.343 e. The summed E-state index contributed by atoms with van der Waals surface area (Å²) in [6.45, 7) is 5.98. The van der Waals surface area contributed by atoms with Crippen LogP contribution in [0, 0.1) is 23.6 Å². The first-order valence-electron chi connectivity index (χ1n) is 12.4. The van der Waals surface area contributed by atoms with Crippen molar-refractivity contribution in [3.8, 4) is 5.75 Å². The van der Waals surface area contributed by atoms with E-state index in [1.54, 1.807) is 24.3 Å². The standard InChI is InChI=1S/C30H35FO2/c1-3-5-6-7-22-9-15-27(16-10-22)33-30(32)26-14-17-28(29(31)20-26)25-13-12-23-18-21(4-2)8-11-24(23)19-25/h3-5,9-10,14-17,20-21,23-25H,2,6-8,11-13,18-19H2,1H3/b5-3+. The largest absolute Gasteiger partial charge is 0.423 e. The lowest BCUT2D eigenvalue weighted by Gasteiger charge is -2.41. The zero-order valence-electron chi connectivity index (χ0n) is 19.6. The second-order valence-electron chi connectivity index (χ2n) is 9.72. The summed E-state index contributed by atoms with van der Waals surface area (Å²) >= 11 is 0. The average Bonchev–Trinajstić information content (AvgIpc) is 2.84. The Hall–Kier alpha value is -2.68. The molecule has 3 heteroatoms. The lowest BCUT2D eigenvalue weighted by atomic mass is 9.64. The quantitative estimate of drug-likeness (QED) is 0.244. The Kier molecular flexibility index (Phi) is 7.80. The van der Waals surface area contributed by atoms with Crippen LogP contribution in [0.15, 0.2) is 67.3 Å². The molecule has 0 bridgehead atoms. The van der Waals surface area contributed by atoms with Gasteiger partial charge < -0.3 is 4.74 Å². The zero-order valence-corrected chi connectivity index (χ0v) is 19.6. The van der Waals surface area contributed by atoms with E-state index >= 15 is 4.39 Å². The van der Waals surface area contributed by atoms with Crippen molar-refractivity contribution < 1.29 is 13.9 Å². The molecule has 33 heavy (non-hydrogen) atoms. The molecular weight excluding hydrogens is 411 g/mol. The topological polar surface area (TPSA) is 26.3 Å². The Morgan fingerprint density at radius 3 is 2.55 bits per heavy atom. The SMILES string of the molecule is C=CC1CCC2CC(c3ccc(C(=O)Oc4ccc(CC/C=C/C)cc4)cc3F)CCC2C1. The van der Waals surface area contributed by atoms with E-state index in [9.17, 15) is 4.79 Å². The molecule has 0 saturated heterocycles. The molecule has 0 radical (unpaired) electrons. The van der Waals surface area contributed by atoms with Crippen LogP contribution < -0.4 is 4.74 Å². The zero-order chi connectivity index (χ0) is 23.2. The number of hydrogen-bond acceptors (Lipinski definition) is 2. The Labute approximate surface area is 197 Å². The Bertz CT molecular complexity index is 991. The summed E-state index contributed by atoms with van der Waals surface area (Å²) < 4.78 is 20.5. The minimum Gasteiger partial charge on any atom is -0.423 e. The predicted octanol–water partition coefficient (Wildman–Crippen LogP) is 8.04. The maximum absolute atomic E-state index is 15.0. The van der Waals surface area contributed by atoms with E-state index in [4.69, 9.17) is 4.74 Å². The Morgan fingerprint density at radius 2 is 1.82 bits per heavy atom. The maximum atomic E-state index is 15.0. The van der Waals surface area contributed by atoms with E-state index < -0.39 is 5.97 Å². The number of rotatable bonds is 7. The summed E-state index contributed by atoms with van der Waals surface area (Å²) in [4.78, 5) is 12.6. The highest BCUT2D eigenvalue weighted by molar-refractivity contribution is 5.91. The molecule has 2 aliphatic rings. The Morgan fingerprint density at radius 1 is 1.06 bits per heavy atom. The Balaban J connectivity index is 1.36. The third kappa shape index (κ3) is 5.82. The molecule has 0 aromatic heterocycles. The molecule has 4 atom stereocenters. The average molecular weight is 447 g/mol. The fraction of sp³-hybridized carbons (Fsp3) is 0.433. The molecule has 4 unspecified atom stereocenters. The molecule has 0 amide bonds. The van der Waals surface area contributed by atoms with Crippen molar-refractivity contribution in [1.29, 1.82) is 0 Å². The lowest BCUT2D eigenvalue weighted by Crippen LogP contribution is -2.30. The van der Waals surface area contributed by atoms with Gasteiger partial charge in [0.1, 0.15) is 11.6 Å². The van der Waals surface area contributed by atoms with Gasteiger partial charge in [0.05, 0.1) is 5.56 Å². The van der Waals surface area contributed by atoms with Gasteiger partial charge in [-0.1, -0.05) is 36.4 Å². The molecule has 4 rings (SSSR count). The van der Waals surface area contributed by atoms with Gasteiger partial charge in [-0.3, -0.25) is 0 Å². The number of benzene rings is 2. The van der Waals surface area contributed by atoms with Crippen LogP contribution in [0.2, 0.25) is 0 Å². The first kappa shape index (κ1) is 23.5. The van der Waals surface area contributed by atoms with Crippen molar-refractivity contribution in [1.82, 2.24) is 0 Å². The normalized spacial score (nSPS) is 24.9. The van der Waals surface area contributed by atoms with Crippen LogP contribution in [0.25, 0.3) is 0 Å². The van der Waals surface area contributed by atoms with Crippen LogP contribution in [-0.4, -0.2) is 5.97 Å². The van der Waals surface area contributed by atoms with Gasteiger partial charge in [0.15, 0.2) is 0 Å². The molecule has 0 heterocycles. The second kappa shape index (κ2) is 11.0. The predicted molar refractivity (Wildman–Crippen MR) is 132 cm³/mol. The third-order valence-corrected chi connectivity index (χ3v) is 7.63. The second-order valence-corrected chi connectivity index (χ2v) is 9.72. The van der Waals surface area contributed by atoms with E-state index in [2.05, 4.69) is 18.7 Å². The van der Waals surface area contributed by atoms with Gasteiger partial charge in [-0.25, -0.2) is 9.18 Å². The third-order valence-electron chi connectivity index (χ3n) is 7.63. The van der Waals surface area contributed by atoms with Crippen molar-refractivity contribution in [3.63, 3.8) is 0 Å². The molecule has 2 aromatic rings. The van der Waals surface area contributed by atoms with Crippen molar-refractivity contribution in [2.24, 2.45) is 17.8 Å². The highest BCUT2D eigenvalue weighted by Gasteiger charge is 2.36. The fourth-order valence-electron chi connectivity index (χ4n) is 5.71. The van der Waals surface area contributed by atoms with Gasteiger partial charge in [-0.05, 0) is 117 Å². The van der Waals surface area contributed by atoms with Crippen molar-refractivity contribution in [2.45, 2.75) is 64.2 Å². The minimum atomic E-state index is -0.520. The van der Waals surface area contributed by atoms with Crippen LogP contribution in [-0.2, 0) is 6.42 Å². The summed E-state index contributed by atoms with van der Waals surface area (Å²) in [6, 6.07) is 12.4. The molecule has 0 N–H and O–H groups in total. The summed E-state index contributed by atoms with van der Waals surface area (Å²) in [5.74, 6) is 2.01. The van der Waals surface area contributed by atoms with Gasteiger partial charge in [-0.2, -0.15) is 0 Å². The van der Waals surface area contributed by atoms with E-state index in [-0.39, 0.29) is 17.3 Å². The van der Waals surface area contributed by atoms with Gasteiger partial charge in [0.25, 0.3) is 0 Å². The van der Waals surface area contributed by atoms with E-state index in [0.717, 1.165) is 43.6 Å². The number of allylic oxidation sites excluding steroid dienone is 3. The molecule has 2 aliphatic carbocycles. The van der Waals surface area contributed by atoms with Gasteiger partial charge in [0.2, 0.25) is 0 Å². The van der Waals surface area contributed by atoms with Crippen LogP contribution >= 0.6 is 0 Å². The summed E-state index contributed by atoms with van der Waals surface area (Å²) in [6.07, 6.45) is 15.1. The van der Waals surface area contributed by atoms with Gasteiger partial charge in [-0.15, -0.1) is 6.58 Å². The summed E-state index contributed by atoms with van der Waals surface area (Å²) in [5.41, 5.74) is 2.20. The molecule has 174 valence electrons. The lowest BCUT2D eigenvalue weighted by molar-refractivity contribution is 0.0734. The first-order valence-corrected chi connectivity index (χ1v) is 12.4. The number of hydrogen-bond donors (Lipinski definition) is 0. The van der Waals surface area contributed by atoms with Gasteiger partial charge in [0, 0.05) is 0 Å². The number of carbonyl (C=O) groups excluding carboxylic acids is 1. The number of halogens is 1. The van der Waals surface area contributed by atoms with Crippen molar-refractivity contribution in [2.75, 3.05) is 0 Å². The maximum Gasteiger partial charge on any atom is 0.343 e. The molecule has 2 nitrogen and oxygen atoms in total. The van der Waals surface area contributed by atoms with Crippen LogP contribution in [0.5, 0.6) is 5.75 Å². The van der Waals surface area contributed by atoms with Crippen molar-refractivity contribution >= 4 is 5.97 Å². The fourth-order valence-corrected chi connectivity index (χ4v) is 5.71. The highest BCUT2D eigenvalue weighted by atomic mass is 19.1. The van der Waals surface area contributed by atoms with E-state index in [0.29, 0.717) is 17.6 Å². The van der Waals surface area contributed by atoms with Crippen LogP contribution in [0.1, 0.15) is 79.3 Å². The highest BCUT2D eigenvalue weighted by Crippen LogP contribution is 2.48. The van der Waals surface area contributed by atoms with Crippen LogP contribution in [0.4, 0.5) is 4.39 Å². The molecule has 0 spiro atoms. The number of fused-ring (bicyclic) bond motifs is 1. The number of esters is 1. The number of ether oxygens (including phenoxy) is 1. The van der Waals surface area contributed by atoms with E-state index in [1.165, 1.54) is 30.9 Å². The van der Waals surface area contributed by atoms with Crippen LogP contribution in [0.3, 0.4) is 0 Å². The van der Waals surface area contributed by atoms with Gasteiger partial charge >= 0.3 is 5.97 Å². The number of aryl methyl sites for hydroxylation is 1. The molecule has 2 aromatic carbocycles. The molecular formula is C30H35FO2. The minimum absolute atomic E-state index is 0.242.